The lowest BCUT2D eigenvalue weighted by Gasteiger charge is -2.13. The van der Waals surface area contributed by atoms with Gasteiger partial charge in [0.2, 0.25) is 0 Å². The summed E-state index contributed by atoms with van der Waals surface area (Å²) < 4.78 is 40.0. The van der Waals surface area contributed by atoms with Crippen LogP contribution in [-0.4, -0.2) is 15.7 Å². The summed E-state index contributed by atoms with van der Waals surface area (Å²) in [5, 5.41) is 3.83. The molecule has 0 aliphatic carbocycles. The molecular weight excluding hydrogens is 271 g/mol. The molecule has 4 nitrogen and oxygen atoms in total. The van der Waals surface area contributed by atoms with Gasteiger partial charge >= 0.3 is 6.18 Å². The number of alkyl halides is 3. The van der Waals surface area contributed by atoms with Crippen molar-refractivity contribution in [3.05, 3.63) is 52.8 Å². The molecule has 0 unspecified atom stereocenters. The Kier molecular flexibility index (Phi) is 3.52. The number of halogens is 3. The summed E-state index contributed by atoms with van der Waals surface area (Å²) in [6.07, 6.45) is -1.88. The number of hydrogen-bond donors (Lipinski definition) is 1. The third-order valence-electron chi connectivity index (χ3n) is 2.82. The number of primary amides is 1. The molecule has 106 valence electrons. The number of benzene rings is 1. The number of rotatable bonds is 3. The quantitative estimate of drug-likeness (QED) is 0.940. The molecule has 2 aromatic rings. The second-order valence-electron chi connectivity index (χ2n) is 4.45. The first-order chi connectivity index (χ1) is 9.27. The van der Waals surface area contributed by atoms with Gasteiger partial charge in [0, 0.05) is 6.20 Å². The van der Waals surface area contributed by atoms with Gasteiger partial charge in [0.1, 0.15) is 0 Å². The second kappa shape index (κ2) is 4.99. The maximum Gasteiger partial charge on any atom is 0.416 e. The van der Waals surface area contributed by atoms with Crippen molar-refractivity contribution in [3.63, 3.8) is 0 Å². The number of aromatic nitrogens is 2. The minimum absolute atomic E-state index is 0.0796. The molecule has 0 saturated carbocycles. The Labute approximate surface area is 113 Å². The summed E-state index contributed by atoms with van der Waals surface area (Å²) >= 11 is 0. The highest BCUT2D eigenvalue weighted by Crippen LogP contribution is 2.32. The summed E-state index contributed by atoms with van der Waals surface area (Å²) in [7, 11) is 0. The minimum atomic E-state index is -4.43. The molecule has 7 heteroatoms. The van der Waals surface area contributed by atoms with Crippen LogP contribution in [0.1, 0.15) is 27.0 Å². The van der Waals surface area contributed by atoms with Crippen LogP contribution in [0.4, 0.5) is 13.2 Å². The van der Waals surface area contributed by atoms with E-state index in [4.69, 9.17) is 5.73 Å². The van der Waals surface area contributed by atoms with Crippen molar-refractivity contribution >= 4 is 5.91 Å². The standard InChI is InChI=1S/C13H12F3N3O/c1-8-2-3-11(13(14,15)16)9(4-8)6-19-7-10(5-18-19)12(17)20/h2-5,7H,6H2,1H3,(H2,17,20). The number of carbonyl (C=O) groups excluding carboxylic acids is 1. The van der Waals surface area contributed by atoms with E-state index in [1.807, 2.05) is 0 Å². The molecule has 0 bridgehead atoms. The Morgan fingerprint density at radius 2 is 2.10 bits per heavy atom. The third kappa shape index (κ3) is 2.98. The van der Waals surface area contributed by atoms with Crippen LogP contribution in [0.2, 0.25) is 0 Å². The fourth-order valence-electron chi connectivity index (χ4n) is 1.88. The molecular formula is C13H12F3N3O. The number of carbonyl (C=O) groups is 1. The van der Waals surface area contributed by atoms with Gasteiger partial charge in [-0.15, -0.1) is 0 Å². The Balaban J connectivity index is 2.36. The fraction of sp³-hybridized carbons (Fsp3) is 0.231. The maximum absolute atomic E-state index is 12.9. The Morgan fingerprint density at radius 1 is 1.40 bits per heavy atom. The van der Waals surface area contributed by atoms with E-state index in [1.165, 1.54) is 29.2 Å². The normalized spacial score (nSPS) is 11.6. The van der Waals surface area contributed by atoms with Gasteiger partial charge in [0.25, 0.3) is 5.91 Å². The van der Waals surface area contributed by atoms with E-state index < -0.39 is 17.6 Å². The topological polar surface area (TPSA) is 60.9 Å². The molecule has 0 aliphatic heterocycles. The maximum atomic E-state index is 12.9. The zero-order valence-corrected chi connectivity index (χ0v) is 10.6. The summed E-state index contributed by atoms with van der Waals surface area (Å²) in [4.78, 5) is 10.9. The third-order valence-corrected chi connectivity index (χ3v) is 2.82. The van der Waals surface area contributed by atoms with Crippen LogP contribution in [0.5, 0.6) is 0 Å². The molecule has 0 aliphatic rings. The van der Waals surface area contributed by atoms with Crippen LogP contribution in [-0.2, 0) is 12.7 Å². The van der Waals surface area contributed by atoms with E-state index in [2.05, 4.69) is 5.10 Å². The first-order valence-corrected chi connectivity index (χ1v) is 5.76. The van der Waals surface area contributed by atoms with Gasteiger partial charge < -0.3 is 5.73 Å². The van der Waals surface area contributed by atoms with E-state index in [9.17, 15) is 18.0 Å². The van der Waals surface area contributed by atoms with E-state index in [0.717, 1.165) is 11.6 Å². The van der Waals surface area contributed by atoms with Crippen LogP contribution >= 0.6 is 0 Å². The van der Waals surface area contributed by atoms with Crippen LogP contribution in [0.3, 0.4) is 0 Å². The van der Waals surface area contributed by atoms with Crippen LogP contribution in [0.15, 0.2) is 30.6 Å². The smallest absolute Gasteiger partial charge is 0.366 e. The monoisotopic (exact) mass is 283 g/mol. The van der Waals surface area contributed by atoms with Crippen molar-refractivity contribution in [1.29, 1.82) is 0 Å². The Hall–Kier alpha value is -2.31. The van der Waals surface area contributed by atoms with Gasteiger partial charge in [-0.25, -0.2) is 0 Å². The predicted octanol–water partition coefficient (Wildman–Crippen LogP) is 2.36. The summed E-state index contributed by atoms with van der Waals surface area (Å²) in [5.41, 5.74) is 5.33. The number of hydrogen-bond acceptors (Lipinski definition) is 2. The molecule has 1 heterocycles. The van der Waals surface area contributed by atoms with E-state index >= 15 is 0 Å². The molecule has 20 heavy (non-hydrogen) atoms. The van der Waals surface area contributed by atoms with Crippen LogP contribution in [0, 0.1) is 6.92 Å². The molecule has 1 aromatic carbocycles. The van der Waals surface area contributed by atoms with Crippen molar-refractivity contribution in [3.8, 4) is 0 Å². The van der Waals surface area contributed by atoms with E-state index in [-0.39, 0.29) is 17.7 Å². The lowest BCUT2D eigenvalue weighted by atomic mass is 10.0. The van der Waals surface area contributed by atoms with Crippen LogP contribution in [0.25, 0.3) is 0 Å². The first-order valence-electron chi connectivity index (χ1n) is 5.76. The number of aryl methyl sites for hydroxylation is 1. The average molecular weight is 283 g/mol. The van der Waals surface area contributed by atoms with Gasteiger partial charge in [-0.2, -0.15) is 18.3 Å². The SMILES string of the molecule is Cc1ccc(C(F)(F)F)c(Cn2cc(C(N)=O)cn2)c1. The summed E-state index contributed by atoms with van der Waals surface area (Å²) in [5.74, 6) is -0.670. The molecule has 0 spiro atoms. The van der Waals surface area contributed by atoms with Crippen molar-refractivity contribution in [2.75, 3.05) is 0 Å². The van der Waals surface area contributed by atoms with Gasteiger partial charge in [-0.3, -0.25) is 9.48 Å². The molecule has 0 atom stereocenters. The lowest BCUT2D eigenvalue weighted by molar-refractivity contribution is -0.138. The van der Waals surface area contributed by atoms with Gasteiger partial charge in [-0.05, 0) is 18.6 Å². The molecule has 0 saturated heterocycles. The van der Waals surface area contributed by atoms with E-state index in [1.54, 1.807) is 6.92 Å². The highest BCUT2D eigenvalue weighted by atomic mass is 19.4. The molecule has 2 rings (SSSR count). The molecule has 1 aromatic heterocycles. The van der Waals surface area contributed by atoms with Crippen LogP contribution < -0.4 is 5.73 Å². The second-order valence-corrected chi connectivity index (χ2v) is 4.45. The molecule has 0 fully saturated rings. The molecule has 1 amide bonds. The van der Waals surface area contributed by atoms with Gasteiger partial charge in [-0.1, -0.05) is 17.7 Å². The number of nitrogens with zero attached hydrogens (tertiary/aromatic N) is 2. The number of amides is 1. The summed E-state index contributed by atoms with van der Waals surface area (Å²) in [6.45, 7) is 1.63. The average Bonchev–Trinajstić information content (AvgIpc) is 2.76. The predicted molar refractivity (Wildman–Crippen MR) is 66.0 cm³/mol. The summed E-state index contributed by atoms with van der Waals surface area (Å²) in [6, 6.07) is 3.90. The largest absolute Gasteiger partial charge is 0.416 e. The Bertz CT molecular complexity index is 647. The van der Waals surface area contributed by atoms with Crippen molar-refractivity contribution in [2.45, 2.75) is 19.6 Å². The van der Waals surface area contributed by atoms with Crippen molar-refractivity contribution in [2.24, 2.45) is 5.73 Å². The van der Waals surface area contributed by atoms with E-state index in [0.29, 0.717) is 0 Å². The minimum Gasteiger partial charge on any atom is -0.366 e. The van der Waals surface area contributed by atoms with Crippen molar-refractivity contribution < 1.29 is 18.0 Å². The molecule has 0 radical (unpaired) electrons. The highest BCUT2D eigenvalue weighted by Gasteiger charge is 2.33. The highest BCUT2D eigenvalue weighted by molar-refractivity contribution is 5.92. The zero-order valence-electron chi connectivity index (χ0n) is 10.6. The number of nitrogens with two attached hydrogens (primary N) is 1. The van der Waals surface area contributed by atoms with Gasteiger partial charge in [0.05, 0.1) is 23.9 Å². The zero-order chi connectivity index (χ0) is 14.9. The van der Waals surface area contributed by atoms with Gasteiger partial charge in [0.15, 0.2) is 0 Å². The van der Waals surface area contributed by atoms with Crippen molar-refractivity contribution in [1.82, 2.24) is 9.78 Å². The molecule has 2 N–H and O–H groups in total. The lowest BCUT2D eigenvalue weighted by Crippen LogP contribution is -2.13. The fourth-order valence-corrected chi connectivity index (χ4v) is 1.88. The first kappa shape index (κ1) is 14.1. The Morgan fingerprint density at radius 3 is 2.65 bits per heavy atom.